The molecule has 190 valence electrons. The van der Waals surface area contributed by atoms with Crippen LogP contribution in [0.5, 0.6) is 0 Å². The highest BCUT2D eigenvalue weighted by atomic mass is 31.2. The predicted octanol–water partition coefficient (Wildman–Crippen LogP) is 9.26. The van der Waals surface area contributed by atoms with Crippen LogP contribution in [0.3, 0.4) is 0 Å². The zero-order valence-corrected chi connectivity index (χ0v) is 22.8. The molecule has 0 unspecified atom stereocenters. The van der Waals surface area contributed by atoms with Crippen molar-refractivity contribution in [2.75, 3.05) is 0 Å². The van der Waals surface area contributed by atoms with E-state index in [2.05, 4.69) is 115 Å². The van der Waals surface area contributed by atoms with Gasteiger partial charge in [0, 0.05) is 21.5 Å². The first-order valence-electron chi connectivity index (χ1n) is 13.6. The van der Waals surface area contributed by atoms with Crippen LogP contribution in [0.15, 0.2) is 164 Å². The Balaban J connectivity index is 1.64. The van der Waals surface area contributed by atoms with Crippen molar-refractivity contribution >= 4 is 28.6 Å². The summed E-state index contributed by atoms with van der Waals surface area (Å²) in [5, 5.41) is 2.66. The van der Waals surface area contributed by atoms with Gasteiger partial charge in [-0.15, -0.1) is 0 Å². The fourth-order valence-electron chi connectivity index (χ4n) is 5.98. The van der Waals surface area contributed by atoms with E-state index in [1.807, 2.05) is 48.5 Å². The maximum atomic E-state index is 15.9. The first kappa shape index (κ1) is 24.3. The molecule has 0 spiro atoms. The number of rotatable bonds is 5. The maximum Gasteiger partial charge on any atom is 0.172 e. The third-order valence-electron chi connectivity index (χ3n) is 7.73. The van der Waals surface area contributed by atoms with E-state index in [-0.39, 0.29) is 0 Å². The fourth-order valence-corrected chi connectivity index (χ4v) is 9.26. The van der Waals surface area contributed by atoms with E-state index in [1.165, 1.54) is 0 Å². The highest BCUT2D eigenvalue weighted by Gasteiger charge is 2.44. The highest BCUT2D eigenvalue weighted by Crippen LogP contribution is 2.66. The largest absolute Gasteiger partial charge is 0.309 e. The van der Waals surface area contributed by atoms with Gasteiger partial charge >= 0.3 is 0 Å². The number of fused-ring (bicyclic) bond motifs is 1. The Morgan fingerprint density at radius 3 is 1.32 bits per heavy atom. The van der Waals surface area contributed by atoms with Gasteiger partial charge in [0.2, 0.25) is 0 Å². The summed E-state index contributed by atoms with van der Waals surface area (Å²) in [7, 11) is -3.25. The third-order valence-corrected chi connectivity index (χ3v) is 10.9. The van der Waals surface area contributed by atoms with Crippen LogP contribution in [0.2, 0.25) is 0 Å². The summed E-state index contributed by atoms with van der Waals surface area (Å²) >= 11 is 0. The van der Waals surface area contributed by atoms with E-state index in [9.17, 15) is 0 Å². The van der Waals surface area contributed by atoms with Crippen LogP contribution in [0.1, 0.15) is 16.7 Å². The lowest BCUT2D eigenvalue weighted by atomic mass is 9.88. The summed E-state index contributed by atoms with van der Waals surface area (Å²) < 4.78 is 15.9. The van der Waals surface area contributed by atoms with E-state index >= 15 is 4.57 Å². The Morgan fingerprint density at radius 1 is 0.350 bits per heavy atom. The van der Waals surface area contributed by atoms with Gasteiger partial charge in [0.15, 0.2) is 7.14 Å². The molecular formula is C38H27OP. The van der Waals surface area contributed by atoms with Crippen LogP contribution < -0.4 is 10.6 Å². The van der Waals surface area contributed by atoms with Gasteiger partial charge in [-0.05, 0) is 38.9 Å². The minimum Gasteiger partial charge on any atom is -0.309 e. The second kappa shape index (κ2) is 10.1. The molecule has 6 aromatic rings. The molecule has 6 aromatic carbocycles. The molecule has 1 heterocycles. The average Bonchev–Trinajstić information content (AvgIpc) is 3.31. The van der Waals surface area contributed by atoms with Crippen molar-refractivity contribution in [1.82, 2.24) is 0 Å². The molecule has 0 aromatic heterocycles. The molecule has 0 aliphatic carbocycles. The SMILES string of the molecule is O=[P@@]1(c2ccccc2)C(c2ccccc2-c2ccccc2)=C(c2ccccc2-c2ccccc2)c2ccccc21. The quantitative estimate of drug-likeness (QED) is 0.203. The van der Waals surface area contributed by atoms with Gasteiger partial charge in [-0.3, -0.25) is 0 Å². The lowest BCUT2D eigenvalue weighted by Crippen LogP contribution is -2.15. The second-order valence-electron chi connectivity index (χ2n) is 10.0. The second-order valence-corrected chi connectivity index (χ2v) is 12.7. The molecule has 1 aliphatic rings. The summed E-state index contributed by atoms with van der Waals surface area (Å²) in [6.45, 7) is 0. The average molecular weight is 531 g/mol. The lowest BCUT2D eigenvalue weighted by Gasteiger charge is -2.22. The Bertz CT molecular complexity index is 1900. The van der Waals surface area contributed by atoms with Gasteiger partial charge in [0.05, 0.1) is 0 Å². The fraction of sp³-hybridized carbons (Fsp3) is 0. The molecule has 2 heteroatoms. The molecule has 40 heavy (non-hydrogen) atoms. The molecule has 0 bridgehead atoms. The van der Waals surface area contributed by atoms with Crippen LogP contribution in [0.25, 0.3) is 33.1 Å². The van der Waals surface area contributed by atoms with Crippen molar-refractivity contribution in [1.29, 1.82) is 0 Å². The standard InChI is InChI=1S/C38H27OP/c39-40(30-20-8-3-9-21-30)36-27-15-14-26-35(36)37(33-24-12-10-22-31(33)28-16-4-1-5-17-28)38(40)34-25-13-11-23-32(34)29-18-6-2-7-19-29/h1-27H/t40-/m1/s1. The van der Waals surface area contributed by atoms with E-state index in [0.29, 0.717) is 0 Å². The van der Waals surface area contributed by atoms with Crippen molar-refractivity contribution in [3.63, 3.8) is 0 Å². The summed E-state index contributed by atoms with van der Waals surface area (Å²) in [6, 6.07) is 56.2. The molecule has 1 aliphatic heterocycles. The normalized spacial score (nSPS) is 16.1. The first-order valence-corrected chi connectivity index (χ1v) is 15.3. The van der Waals surface area contributed by atoms with Crippen molar-refractivity contribution in [3.8, 4) is 22.3 Å². The van der Waals surface area contributed by atoms with Gasteiger partial charge in [-0.1, -0.05) is 164 Å². The van der Waals surface area contributed by atoms with Crippen molar-refractivity contribution in [3.05, 3.63) is 180 Å². The van der Waals surface area contributed by atoms with Crippen LogP contribution >= 0.6 is 7.14 Å². The molecule has 7 rings (SSSR count). The Hall–Kier alpha value is -4.71. The molecular weight excluding hydrogens is 503 g/mol. The zero-order valence-electron chi connectivity index (χ0n) is 21.9. The van der Waals surface area contributed by atoms with Gasteiger partial charge < -0.3 is 4.57 Å². The molecule has 0 fully saturated rings. The van der Waals surface area contributed by atoms with Crippen LogP contribution in [0.4, 0.5) is 0 Å². The molecule has 1 atom stereocenters. The van der Waals surface area contributed by atoms with E-state index < -0.39 is 7.14 Å². The number of hydrogen-bond acceptors (Lipinski definition) is 1. The van der Waals surface area contributed by atoms with Crippen molar-refractivity contribution in [2.24, 2.45) is 0 Å². The Morgan fingerprint density at radius 2 is 0.750 bits per heavy atom. The van der Waals surface area contributed by atoms with Crippen LogP contribution in [-0.2, 0) is 4.57 Å². The van der Waals surface area contributed by atoms with Crippen LogP contribution in [0, 0.1) is 0 Å². The Kier molecular flexibility index (Phi) is 6.16. The minimum atomic E-state index is -3.25. The third kappa shape index (κ3) is 3.90. The lowest BCUT2D eigenvalue weighted by molar-refractivity contribution is 0.593. The van der Waals surface area contributed by atoms with Crippen LogP contribution in [-0.4, -0.2) is 0 Å². The van der Waals surface area contributed by atoms with Gasteiger partial charge in [0.1, 0.15) is 0 Å². The van der Waals surface area contributed by atoms with E-state index in [4.69, 9.17) is 0 Å². The maximum absolute atomic E-state index is 15.9. The predicted molar refractivity (Wildman–Crippen MR) is 169 cm³/mol. The summed E-state index contributed by atoms with van der Waals surface area (Å²) in [4.78, 5) is 0. The van der Waals surface area contributed by atoms with E-state index in [0.717, 1.165) is 60.4 Å². The van der Waals surface area contributed by atoms with Crippen molar-refractivity contribution in [2.45, 2.75) is 0 Å². The summed E-state index contributed by atoms with van der Waals surface area (Å²) in [5.41, 5.74) is 8.64. The summed E-state index contributed by atoms with van der Waals surface area (Å²) in [6.07, 6.45) is 0. The Labute approximate surface area is 235 Å². The van der Waals surface area contributed by atoms with E-state index in [1.54, 1.807) is 0 Å². The highest BCUT2D eigenvalue weighted by molar-refractivity contribution is 7.88. The first-order chi connectivity index (χ1) is 19.8. The van der Waals surface area contributed by atoms with Gasteiger partial charge in [-0.25, -0.2) is 0 Å². The monoisotopic (exact) mass is 530 g/mol. The van der Waals surface area contributed by atoms with Gasteiger partial charge in [0.25, 0.3) is 0 Å². The van der Waals surface area contributed by atoms with Gasteiger partial charge in [-0.2, -0.15) is 0 Å². The number of hydrogen-bond donors (Lipinski definition) is 0. The smallest absolute Gasteiger partial charge is 0.172 e. The topological polar surface area (TPSA) is 17.1 Å². The molecule has 0 N–H and O–H groups in total. The van der Waals surface area contributed by atoms with Crippen molar-refractivity contribution < 1.29 is 4.57 Å². The molecule has 0 saturated carbocycles. The number of benzene rings is 6. The molecule has 0 radical (unpaired) electrons. The molecule has 1 nitrogen and oxygen atoms in total. The molecule has 0 amide bonds. The minimum absolute atomic E-state index is 0.854. The summed E-state index contributed by atoms with van der Waals surface area (Å²) in [5.74, 6) is 0. The molecule has 0 saturated heterocycles. The zero-order chi connectivity index (χ0) is 26.9.